The number of hydrogen-bond acceptors (Lipinski definition) is 4. The van der Waals surface area contributed by atoms with Gasteiger partial charge in [-0.15, -0.1) is 11.3 Å². The van der Waals surface area contributed by atoms with Crippen molar-refractivity contribution in [2.45, 2.75) is 32.4 Å². The highest BCUT2D eigenvalue weighted by Crippen LogP contribution is 2.08. The second kappa shape index (κ2) is 4.52. The van der Waals surface area contributed by atoms with Crippen molar-refractivity contribution in [3.05, 3.63) is 16.6 Å². The van der Waals surface area contributed by atoms with Crippen LogP contribution in [0.1, 0.15) is 25.1 Å². The average molecular weight is 214 g/mol. The summed E-state index contributed by atoms with van der Waals surface area (Å²) in [6, 6.07) is 0. The first-order valence-electron chi connectivity index (χ1n) is 4.38. The molecule has 4 nitrogen and oxygen atoms in total. The number of carbonyl (C=O) groups is 1. The summed E-state index contributed by atoms with van der Waals surface area (Å²) in [5.41, 5.74) is 0.605. The van der Waals surface area contributed by atoms with Crippen LogP contribution in [0.25, 0.3) is 0 Å². The molecule has 0 saturated carbocycles. The Labute approximate surface area is 87.0 Å². The molecule has 0 bridgehead atoms. The minimum Gasteiger partial charge on any atom is -0.372 e. The summed E-state index contributed by atoms with van der Waals surface area (Å²) in [6.07, 6.45) is 2.81. The fraction of sp³-hybridized carbons (Fsp3) is 0.556. The summed E-state index contributed by atoms with van der Waals surface area (Å²) in [5.74, 6) is -0.147. The number of carbonyl (C=O) groups excluding carboxylic acids is 1. The fourth-order valence-corrected chi connectivity index (χ4v) is 1.60. The molecule has 0 aliphatic heterocycles. The highest BCUT2D eigenvalue weighted by atomic mass is 32.1. The maximum atomic E-state index is 11.3. The molecule has 0 radical (unpaired) electrons. The number of hydrogen-bond donors (Lipinski definition) is 2. The summed E-state index contributed by atoms with van der Waals surface area (Å²) in [6.45, 7) is 3.08. The first-order valence-corrected chi connectivity index (χ1v) is 5.26. The van der Waals surface area contributed by atoms with E-state index < -0.39 is 5.72 Å². The van der Waals surface area contributed by atoms with Crippen molar-refractivity contribution in [1.29, 1.82) is 0 Å². The van der Waals surface area contributed by atoms with Gasteiger partial charge in [0.1, 0.15) is 5.72 Å². The SMILES string of the molecule is CC(C)(O)NC(=O)CCc1cncs1. The zero-order chi connectivity index (χ0) is 10.6. The third-order valence-electron chi connectivity index (χ3n) is 1.53. The number of thiazole rings is 1. The third kappa shape index (κ3) is 4.34. The Morgan fingerprint density at radius 1 is 1.71 bits per heavy atom. The molecular weight excluding hydrogens is 200 g/mol. The Morgan fingerprint density at radius 3 is 2.93 bits per heavy atom. The summed E-state index contributed by atoms with van der Waals surface area (Å²) in [4.78, 5) is 16.3. The zero-order valence-corrected chi connectivity index (χ0v) is 9.10. The normalized spacial score (nSPS) is 11.4. The fourth-order valence-electron chi connectivity index (χ4n) is 1.01. The van der Waals surface area contributed by atoms with Crippen LogP contribution in [0.2, 0.25) is 0 Å². The van der Waals surface area contributed by atoms with Gasteiger partial charge in [-0.1, -0.05) is 0 Å². The highest BCUT2D eigenvalue weighted by molar-refractivity contribution is 7.09. The van der Waals surface area contributed by atoms with Gasteiger partial charge in [0, 0.05) is 17.5 Å². The molecule has 78 valence electrons. The van der Waals surface area contributed by atoms with Crippen LogP contribution in [0.4, 0.5) is 0 Å². The van der Waals surface area contributed by atoms with Crippen molar-refractivity contribution in [2.75, 3.05) is 0 Å². The Balaban J connectivity index is 2.29. The number of aromatic nitrogens is 1. The molecule has 0 spiro atoms. The monoisotopic (exact) mass is 214 g/mol. The van der Waals surface area contributed by atoms with Crippen LogP contribution < -0.4 is 5.32 Å². The summed E-state index contributed by atoms with van der Waals surface area (Å²) >= 11 is 1.53. The van der Waals surface area contributed by atoms with Crippen molar-refractivity contribution in [2.24, 2.45) is 0 Å². The molecule has 0 aliphatic rings. The minimum atomic E-state index is -1.13. The molecule has 1 rings (SSSR count). The van der Waals surface area contributed by atoms with E-state index in [0.717, 1.165) is 4.88 Å². The molecule has 1 aromatic heterocycles. The van der Waals surface area contributed by atoms with Crippen LogP contribution in [0.5, 0.6) is 0 Å². The molecule has 0 unspecified atom stereocenters. The molecule has 5 heteroatoms. The molecule has 0 aromatic carbocycles. The van der Waals surface area contributed by atoms with Gasteiger partial charge in [-0.25, -0.2) is 0 Å². The van der Waals surface area contributed by atoms with Crippen LogP contribution >= 0.6 is 11.3 Å². The first kappa shape index (κ1) is 11.1. The maximum Gasteiger partial charge on any atom is 0.222 e. The van der Waals surface area contributed by atoms with Crippen molar-refractivity contribution in [3.8, 4) is 0 Å². The molecule has 1 aromatic rings. The Morgan fingerprint density at radius 2 is 2.43 bits per heavy atom. The molecular formula is C9H14N2O2S. The van der Waals surface area contributed by atoms with Gasteiger partial charge in [-0.3, -0.25) is 9.78 Å². The summed E-state index contributed by atoms with van der Waals surface area (Å²) in [7, 11) is 0. The van der Waals surface area contributed by atoms with Gasteiger partial charge in [0.05, 0.1) is 5.51 Å². The maximum absolute atomic E-state index is 11.3. The van der Waals surface area contributed by atoms with Gasteiger partial charge >= 0.3 is 0 Å². The molecule has 1 heterocycles. The van der Waals surface area contributed by atoms with Crippen LogP contribution in [-0.4, -0.2) is 21.7 Å². The van der Waals surface area contributed by atoms with Crippen molar-refractivity contribution < 1.29 is 9.90 Å². The van der Waals surface area contributed by atoms with Gasteiger partial charge < -0.3 is 10.4 Å². The Hall–Kier alpha value is -0.940. The van der Waals surface area contributed by atoms with E-state index in [1.165, 1.54) is 25.2 Å². The molecule has 0 aliphatic carbocycles. The van der Waals surface area contributed by atoms with Crippen molar-refractivity contribution >= 4 is 17.2 Å². The van der Waals surface area contributed by atoms with E-state index in [9.17, 15) is 9.90 Å². The first-order chi connectivity index (χ1) is 6.47. The van der Waals surface area contributed by atoms with Crippen LogP contribution in [0.15, 0.2) is 11.7 Å². The quantitative estimate of drug-likeness (QED) is 0.733. The zero-order valence-electron chi connectivity index (χ0n) is 8.28. The number of rotatable bonds is 4. The van der Waals surface area contributed by atoms with E-state index in [0.29, 0.717) is 12.8 Å². The van der Waals surface area contributed by atoms with E-state index >= 15 is 0 Å². The van der Waals surface area contributed by atoms with Gasteiger partial charge in [-0.2, -0.15) is 0 Å². The number of nitrogens with one attached hydrogen (secondary N) is 1. The predicted octanol–water partition coefficient (Wildman–Crippen LogP) is 0.920. The van der Waals surface area contributed by atoms with Crippen molar-refractivity contribution in [1.82, 2.24) is 10.3 Å². The number of nitrogens with zero attached hydrogens (tertiary/aromatic N) is 1. The third-order valence-corrected chi connectivity index (χ3v) is 2.37. The molecule has 1 amide bonds. The highest BCUT2D eigenvalue weighted by Gasteiger charge is 2.15. The Bertz CT molecular complexity index is 290. The number of amides is 1. The van der Waals surface area contributed by atoms with E-state index in [2.05, 4.69) is 10.3 Å². The standard InChI is InChI=1S/C9H14N2O2S/c1-9(2,13)11-8(12)4-3-7-5-10-6-14-7/h5-6,13H,3-4H2,1-2H3,(H,11,12). The van der Waals surface area contributed by atoms with Gasteiger partial charge in [0.15, 0.2) is 0 Å². The molecule has 0 fully saturated rings. The topological polar surface area (TPSA) is 62.2 Å². The van der Waals surface area contributed by atoms with E-state index in [-0.39, 0.29) is 5.91 Å². The molecule has 0 atom stereocenters. The van der Waals surface area contributed by atoms with Crippen LogP contribution in [0.3, 0.4) is 0 Å². The molecule has 2 N–H and O–H groups in total. The number of aliphatic hydroxyl groups is 1. The lowest BCUT2D eigenvalue weighted by Crippen LogP contribution is -2.43. The van der Waals surface area contributed by atoms with E-state index in [1.54, 1.807) is 11.7 Å². The summed E-state index contributed by atoms with van der Waals surface area (Å²) < 4.78 is 0. The Kier molecular flexibility index (Phi) is 3.60. The average Bonchev–Trinajstić information content (AvgIpc) is 2.49. The smallest absolute Gasteiger partial charge is 0.222 e. The van der Waals surface area contributed by atoms with Crippen LogP contribution in [0, 0.1) is 0 Å². The largest absolute Gasteiger partial charge is 0.372 e. The minimum absolute atomic E-state index is 0.147. The van der Waals surface area contributed by atoms with Crippen LogP contribution in [-0.2, 0) is 11.2 Å². The van der Waals surface area contributed by atoms with Crippen molar-refractivity contribution in [3.63, 3.8) is 0 Å². The van der Waals surface area contributed by atoms with Gasteiger partial charge in [-0.05, 0) is 20.3 Å². The molecule has 0 saturated heterocycles. The van der Waals surface area contributed by atoms with Gasteiger partial charge in [0.2, 0.25) is 5.91 Å². The lowest BCUT2D eigenvalue weighted by Gasteiger charge is -2.18. The lowest BCUT2D eigenvalue weighted by atomic mass is 10.2. The predicted molar refractivity (Wildman–Crippen MR) is 54.9 cm³/mol. The number of aryl methyl sites for hydroxylation is 1. The molecule has 14 heavy (non-hydrogen) atoms. The van der Waals surface area contributed by atoms with E-state index in [4.69, 9.17) is 0 Å². The second-order valence-corrected chi connectivity index (χ2v) is 4.55. The second-order valence-electron chi connectivity index (χ2n) is 3.57. The lowest BCUT2D eigenvalue weighted by molar-refractivity contribution is -0.126. The summed E-state index contributed by atoms with van der Waals surface area (Å²) in [5, 5.41) is 11.8. The van der Waals surface area contributed by atoms with E-state index in [1.807, 2.05) is 0 Å². The van der Waals surface area contributed by atoms with Gasteiger partial charge in [0.25, 0.3) is 0 Å².